The molecule has 0 aliphatic rings. The van der Waals surface area contributed by atoms with E-state index >= 15 is 0 Å². The second kappa shape index (κ2) is 6.60. The lowest BCUT2D eigenvalue weighted by Gasteiger charge is -2.07. The van der Waals surface area contributed by atoms with Gasteiger partial charge < -0.3 is 15.4 Å². The second-order valence-corrected chi connectivity index (χ2v) is 4.24. The highest BCUT2D eigenvalue weighted by Crippen LogP contribution is 2.14. The maximum absolute atomic E-state index is 11.7. The summed E-state index contributed by atoms with van der Waals surface area (Å²) in [7, 11) is 1.60. The van der Waals surface area contributed by atoms with Gasteiger partial charge in [0.2, 0.25) is 0 Å². The van der Waals surface area contributed by atoms with Gasteiger partial charge in [0, 0.05) is 30.5 Å². The van der Waals surface area contributed by atoms with Crippen molar-refractivity contribution in [3.63, 3.8) is 0 Å². The highest BCUT2D eigenvalue weighted by atomic mass is 16.5. The molecule has 0 saturated carbocycles. The van der Waals surface area contributed by atoms with Crippen LogP contribution in [0.4, 0.5) is 10.5 Å². The number of aromatic nitrogens is 2. The second-order valence-electron chi connectivity index (χ2n) is 4.24. The summed E-state index contributed by atoms with van der Waals surface area (Å²) < 4.78 is 6.87. The Balaban J connectivity index is 1.82. The van der Waals surface area contributed by atoms with E-state index in [0.29, 0.717) is 12.2 Å². The van der Waals surface area contributed by atoms with Crippen LogP contribution in [0.15, 0.2) is 36.7 Å². The van der Waals surface area contributed by atoms with Crippen LogP contribution in [-0.2, 0) is 13.1 Å². The molecule has 6 heteroatoms. The Kier molecular flexibility index (Phi) is 4.60. The van der Waals surface area contributed by atoms with Gasteiger partial charge in [-0.2, -0.15) is 5.10 Å². The molecule has 1 heterocycles. The molecular formula is C14H18N4O2. The Morgan fingerprint density at radius 2 is 2.10 bits per heavy atom. The van der Waals surface area contributed by atoms with Crippen LogP contribution in [0.2, 0.25) is 0 Å². The lowest BCUT2D eigenvalue weighted by molar-refractivity contribution is 0.251. The fourth-order valence-electron chi connectivity index (χ4n) is 1.70. The summed E-state index contributed by atoms with van der Waals surface area (Å²) in [6.07, 6.45) is 3.66. The van der Waals surface area contributed by atoms with E-state index in [9.17, 15) is 4.79 Å². The molecule has 1 aromatic carbocycles. The number of hydrogen-bond donors (Lipinski definition) is 2. The third-order valence-corrected chi connectivity index (χ3v) is 2.81. The summed E-state index contributed by atoms with van der Waals surface area (Å²) in [4.78, 5) is 11.7. The molecule has 0 bridgehead atoms. The van der Waals surface area contributed by atoms with Crippen LogP contribution in [0.25, 0.3) is 0 Å². The first kappa shape index (κ1) is 13.9. The van der Waals surface area contributed by atoms with E-state index in [0.717, 1.165) is 17.9 Å². The number of aryl methyl sites for hydroxylation is 1. The van der Waals surface area contributed by atoms with Gasteiger partial charge in [0.15, 0.2) is 0 Å². The topological polar surface area (TPSA) is 68.2 Å². The van der Waals surface area contributed by atoms with Gasteiger partial charge in [0.25, 0.3) is 0 Å². The van der Waals surface area contributed by atoms with Gasteiger partial charge in [-0.25, -0.2) is 4.79 Å². The number of rotatable bonds is 5. The largest absolute Gasteiger partial charge is 0.497 e. The van der Waals surface area contributed by atoms with Crippen LogP contribution in [0.1, 0.15) is 12.5 Å². The molecule has 0 radical (unpaired) electrons. The van der Waals surface area contributed by atoms with Crippen molar-refractivity contribution in [3.05, 3.63) is 42.2 Å². The number of nitrogens with zero attached hydrogens (tertiary/aromatic N) is 2. The van der Waals surface area contributed by atoms with Gasteiger partial charge in [-0.05, 0) is 31.2 Å². The maximum Gasteiger partial charge on any atom is 0.319 e. The summed E-state index contributed by atoms with van der Waals surface area (Å²) in [5.41, 5.74) is 1.68. The van der Waals surface area contributed by atoms with Gasteiger partial charge in [-0.3, -0.25) is 4.68 Å². The van der Waals surface area contributed by atoms with E-state index in [1.807, 2.05) is 17.8 Å². The molecule has 0 unspecified atom stereocenters. The van der Waals surface area contributed by atoms with Gasteiger partial charge >= 0.3 is 6.03 Å². The van der Waals surface area contributed by atoms with Crippen molar-refractivity contribution in [1.29, 1.82) is 0 Å². The first-order valence-electron chi connectivity index (χ1n) is 6.41. The summed E-state index contributed by atoms with van der Waals surface area (Å²) in [6, 6.07) is 6.91. The van der Waals surface area contributed by atoms with Gasteiger partial charge in [0.1, 0.15) is 5.75 Å². The number of carbonyl (C=O) groups is 1. The van der Waals surface area contributed by atoms with Crippen molar-refractivity contribution in [2.24, 2.45) is 0 Å². The van der Waals surface area contributed by atoms with Crippen molar-refractivity contribution >= 4 is 11.7 Å². The van der Waals surface area contributed by atoms with Crippen molar-refractivity contribution in [2.75, 3.05) is 12.4 Å². The molecule has 106 valence electrons. The lowest BCUT2D eigenvalue weighted by atomic mass is 10.3. The number of methoxy groups -OCH3 is 1. The van der Waals surface area contributed by atoms with Crippen molar-refractivity contribution < 1.29 is 9.53 Å². The van der Waals surface area contributed by atoms with Crippen LogP contribution in [-0.4, -0.2) is 22.9 Å². The zero-order chi connectivity index (χ0) is 14.4. The monoisotopic (exact) mass is 274 g/mol. The zero-order valence-electron chi connectivity index (χ0n) is 11.6. The first-order valence-corrected chi connectivity index (χ1v) is 6.41. The third-order valence-electron chi connectivity index (χ3n) is 2.81. The number of anilines is 1. The lowest BCUT2D eigenvalue weighted by Crippen LogP contribution is -2.28. The zero-order valence-corrected chi connectivity index (χ0v) is 11.6. The Bertz CT molecular complexity index is 563. The number of benzene rings is 1. The van der Waals surface area contributed by atoms with Gasteiger partial charge in [-0.15, -0.1) is 0 Å². The molecule has 2 amide bonds. The predicted octanol–water partition coefficient (Wildman–Crippen LogP) is 2.23. The van der Waals surface area contributed by atoms with Crippen LogP contribution >= 0.6 is 0 Å². The standard InChI is InChI=1S/C14H18N4O2/c1-3-18-10-11(9-16-18)8-15-14(19)17-12-4-6-13(20-2)7-5-12/h4-7,9-10H,3,8H2,1-2H3,(H2,15,17,19). The molecule has 6 nitrogen and oxygen atoms in total. The highest BCUT2D eigenvalue weighted by Gasteiger charge is 2.03. The van der Waals surface area contributed by atoms with Gasteiger partial charge in [0.05, 0.1) is 13.3 Å². The van der Waals surface area contributed by atoms with E-state index < -0.39 is 0 Å². The Hall–Kier alpha value is -2.50. The number of urea groups is 1. The molecule has 20 heavy (non-hydrogen) atoms. The minimum atomic E-state index is -0.251. The smallest absolute Gasteiger partial charge is 0.319 e. The molecule has 0 aliphatic heterocycles. The molecule has 2 rings (SSSR count). The molecule has 0 atom stereocenters. The average Bonchev–Trinajstić information content (AvgIpc) is 2.94. The molecule has 0 saturated heterocycles. The van der Waals surface area contributed by atoms with Gasteiger partial charge in [-0.1, -0.05) is 0 Å². The average molecular weight is 274 g/mol. The van der Waals surface area contributed by atoms with Crippen molar-refractivity contribution in [2.45, 2.75) is 20.0 Å². The molecule has 2 aromatic rings. The minimum absolute atomic E-state index is 0.251. The fourth-order valence-corrected chi connectivity index (χ4v) is 1.70. The van der Waals surface area contributed by atoms with Crippen molar-refractivity contribution in [1.82, 2.24) is 15.1 Å². The summed E-state index contributed by atoms with van der Waals surface area (Å²) >= 11 is 0. The quantitative estimate of drug-likeness (QED) is 0.878. The van der Waals surface area contributed by atoms with Crippen LogP contribution in [0.3, 0.4) is 0 Å². The molecule has 1 aromatic heterocycles. The predicted molar refractivity (Wildman–Crippen MR) is 76.8 cm³/mol. The summed E-state index contributed by atoms with van der Waals surface area (Å²) in [6.45, 7) is 3.28. The first-order chi connectivity index (χ1) is 9.71. The number of hydrogen-bond acceptors (Lipinski definition) is 3. The van der Waals surface area contributed by atoms with E-state index in [1.54, 1.807) is 37.6 Å². The van der Waals surface area contributed by atoms with E-state index in [-0.39, 0.29) is 6.03 Å². The van der Waals surface area contributed by atoms with Crippen molar-refractivity contribution in [3.8, 4) is 5.75 Å². The van der Waals surface area contributed by atoms with E-state index in [4.69, 9.17) is 4.74 Å². The van der Waals surface area contributed by atoms with E-state index in [1.165, 1.54) is 0 Å². The Labute approximate surface area is 117 Å². The minimum Gasteiger partial charge on any atom is -0.497 e. The summed E-state index contributed by atoms with van der Waals surface area (Å²) in [5, 5.41) is 9.68. The molecule has 0 fully saturated rings. The third kappa shape index (κ3) is 3.74. The molecular weight excluding hydrogens is 256 g/mol. The van der Waals surface area contributed by atoms with Crippen LogP contribution in [0, 0.1) is 0 Å². The fraction of sp³-hybridized carbons (Fsp3) is 0.286. The number of amides is 2. The van der Waals surface area contributed by atoms with E-state index in [2.05, 4.69) is 15.7 Å². The summed E-state index contributed by atoms with van der Waals surface area (Å²) in [5.74, 6) is 0.753. The number of carbonyl (C=O) groups excluding carboxylic acids is 1. The SMILES string of the molecule is CCn1cc(CNC(=O)Nc2ccc(OC)cc2)cn1. The normalized spacial score (nSPS) is 10.1. The van der Waals surface area contributed by atoms with Crippen LogP contribution < -0.4 is 15.4 Å². The maximum atomic E-state index is 11.7. The highest BCUT2D eigenvalue weighted by molar-refractivity contribution is 5.89. The molecule has 2 N–H and O–H groups in total. The molecule has 0 aliphatic carbocycles. The Morgan fingerprint density at radius 3 is 2.70 bits per heavy atom. The van der Waals surface area contributed by atoms with Crippen LogP contribution in [0.5, 0.6) is 5.75 Å². The Morgan fingerprint density at radius 1 is 1.35 bits per heavy atom. The number of nitrogens with one attached hydrogen (secondary N) is 2. The molecule has 0 spiro atoms. The number of ether oxygens (including phenoxy) is 1.